The Bertz CT molecular complexity index is 1480. The number of ether oxygens (including phenoxy) is 2. The number of carbonyl (C=O) groups is 2. The van der Waals surface area contributed by atoms with Crippen LogP contribution in [-0.2, 0) is 17.6 Å². The fourth-order valence-corrected chi connectivity index (χ4v) is 6.43. The number of hydrogen-bond acceptors (Lipinski definition) is 6. The molecule has 4 aromatic rings. The van der Waals surface area contributed by atoms with Gasteiger partial charge in [-0.3, -0.25) is 4.79 Å². The number of anilines is 1. The summed E-state index contributed by atoms with van der Waals surface area (Å²) in [6.45, 7) is 6.83. The number of benzene rings is 2. The van der Waals surface area contributed by atoms with E-state index in [4.69, 9.17) is 14.5 Å². The Morgan fingerprint density at radius 2 is 1.84 bits per heavy atom. The molecule has 0 radical (unpaired) electrons. The van der Waals surface area contributed by atoms with Crippen LogP contribution >= 0.6 is 11.3 Å². The number of hydrogen-bond donors (Lipinski definition) is 1. The minimum absolute atomic E-state index is 0.271. The maximum absolute atomic E-state index is 13.8. The van der Waals surface area contributed by atoms with Crippen molar-refractivity contribution in [3.05, 3.63) is 76.2 Å². The molecule has 2 aromatic heterocycles. The van der Waals surface area contributed by atoms with Crippen LogP contribution in [0.4, 0.5) is 5.00 Å². The van der Waals surface area contributed by atoms with E-state index in [0.29, 0.717) is 34.3 Å². The van der Waals surface area contributed by atoms with Crippen molar-refractivity contribution < 1.29 is 19.1 Å². The van der Waals surface area contributed by atoms with Crippen molar-refractivity contribution in [3.63, 3.8) is 0 Å². The van der Waals surface area contributed by atoms with Crippen LogP contribution < -0.4 is 10.1 Å². The average molecular weight is 529 g/mol. The van der Waals surface area contributed by atoms with Gasteiger partial charge in [-0.25, -0.2) is 9.78 Å². The third-order valence-corrected chi connectivity index (χ3v) is 8.24. The summed E-state index contributed by atoms with van der Waals surface area (Å²) in [7, 11) is 0. The highest BCUT2D eigenvalue weighted by atomic mass is 32.1. The first kappa shape index (κ1) is 25.9. The quantitative estimate of drug-likeness (QED) is 0.243. The molecule has 1 aliphatic carbocycles. The molecule has 5 rings (SSSR count). The Morgan fingerprint density at radius 1 is 1.05 bits per heavy atom. The molecule has 0 bridgehead atoms. The molecule has 2 heterocycles. The van der Waals surface area contributed by atoms with Crippen LogP contribution in [0.5, 0.6) is 5.75 Å². The van der Waals surface area contributed by atoms with Crippen molar-refractivity contribution >= 4 is 39.1 Å². The van der Waals surface area contributed by atoms with Crippen molar-refractivity contribution in [1.29, 1.82) is 0 Å². The summed E-state index contributed by atoms with van der Waals surface area (Å²) < 4.78 is 11.0. The van der Waals surface area contributed by atoms with E-state index in [-0.39, 0.29) is 18.5 Å². The van der Waals surface area contributed by atoms with Gasteiger partial charge in [0.25, 0.3) is 5.91 Å². The Labute approximate surface area is 227 Å². The van der Waals surface area contributed by atoms with E-state index in [9.17, 15) is 9.59 Å². The number of para-hydroxylation sites is 1. The topological polar surface area (TPSA) is 77.5 Å². The van der Waals surface area contributed by atoms with Crippen molar-refractivity contribution in [3.8, 4) is 17.0 Å². The first-order chi connectivity index (χ1) is 18.5. The van der Waals surface area contributed by atoms with Crippen LogP contribution in [0, 0.1) is 5.92 Å². The molecule has 0 spiro atoms. The second-order valence-electron chi connectivity index (χ2n) is 9.43. The zero-order chi connectivity index (χ0) is 26.6. The van der Waals surface area contributed by atoms with Gasteiger partial charge in [-0.2, -0.15) is 0 Å². The predicted molar refractivity (Wildman–Crippen MR) is 152 cm³/mol. The fraction of sp³-hybridized carbons (Fsp3) is 0.323. The van der Waals surface area contributed by atoms with Crippen molar-refractivity contribution in [1.82, 2.24) is 4.98 Å². The van der Waals surface area contributed by atoms with Gasteiger partial charge in [0, 0.05) is 15.8 Å². The third kappa shape index (κ3) is 5.16. The van der Waals surface area contributed by atoms with E-state index in [1.54, 1.807) is 6.92 Å². The first-order valence-corrected chi connectivity index (χ1v) is 14.1. The molecule has 6 nitrogen and oxygen atoms in total. The lowest BCUT2D eigenvalue weighted by atomic mass is 9.85. The SMILES string of the molecule is CCOC(=O)c1c(NC(=O)c2cc(-c3ccc(OCC)cc3)nc3ccccc23)sc2c1CCC(CC)C2. The van der Waals surface area contributed by atoms with Crippen LogP contribution in [0.2, 0.25) is 0 Å². The summed E-state index contributed by atoms with van der Waals surface area (Å²) in [4.78, 5) is 32.8. The fourth-order valence-electron chi connectivity index (χ4n) is 5.08. The van der Waals surface area contributed by atoms with Gasteiger partial charge in [0.15, 0.2) is 0 Å². The molecule has 7 heteroatoms. The summed E-state index contributed by atoms with van der Waals surface area (Å²) in [5.41, 5.74) is 4.36. The molecular formula is C31H32N2O4S. The minimum Gasteiger partial charge on any atom is -0.494 e. The minimum atomic E-state index is -0.370. The lowest BCUT2D eigenvalue weighted by Gasteiger charge is -2.20. The smallest absolute Gasteiger partial charge is 0.341 e. The van der Waals surface area contributed by atoms with Crippen molar-refractivity contribution in [2.45, 2.75) is 46.5 Å². The maximum atomic E-state index is 13.8. The number of carbonyl (C=O) groups excluding carboxylic acids is 2. The Morgan fingerprint density at radius 3 is 2.58 bits per heavy atom. The highest BCUT2D eigenvalue weighted by molar-refractivity contribution is 7.17. The molecular weight excluding hydrogens is 496 g/mol. The van der Waals surface area contributed by atoms with Gasteiger partial charge in [-0.15, -0.1) is 11.3 Å². The van der Waals surface area contributed by atoms with Gasteiger partial charge < -0.3 is 14.8 Å². The van der Waals surface area contributed by atoms with E-state index in [2.05, 4.69) is 12.2 Å². The van der Waals surface area contributed by atoms with Crippen LogP contribution in [0.25, 0.3) is 22.2 Å². The molecule has 1 aliphatic rings. The zero-order valence-corrected chi connectivity index (χ0v) is 22.8. The second kappa shape index (κ2) is 11.4. The number of aromatic nitrogens is 1. The molecule has 0 saturated carbocycles. The molecule has 0 saturated heterocycles. The Kier molecular flexibility index (Phi) is 7.74. The highest BCUT2D eigenvalue weighted by Crippen LogP contribution is 2.41. The van der Waals surface area contributed by atoms with Gasteiger partial charge in [-0.05, 0) is 81.0 Å². The molecule has 38 heavy (non-hydrogen) atoms. The summed E-state index contributed by atoms with van der Waals surface area (Å²) in [6, 6.07) is 17.1. The van der Waals surface area contributed by atoms with Gasteiger partial charge in [0.1, 0.15) is 10.8 Å². The van der Waals surface area contributed by atoms with Crippen LogP contribution in [0.3, 0.4) is 0 Å². The van der Waals surface area contributed by atoms with E-state index < -0.39 is 0 Å². The number of fused-ring (bicyclic) bond motifs is 2. The zero-order valence-electron chi connectivity index (χ0n) is 22.0. The average Bonchev–Trinajstić information content (AvgIpc) is 3.30. The molecule has 1 amide bonds. The second-order valence-corrected chi connectivity index (χ2v) is 10.5. The first-order valence-electron chi connectivity index (χ1n) is 13.3. The predicted octanol–water partition coefficient (Wildman–Crippen LogP) is 7.31. The normalized spacial score (nSPS) is 14.7. The number of pyridine rings is 1. The van der Waals surface area contributed by atoms with Gasteiger partial charge >= 0.3 is 5.97 Å². The maximum Gasteiger partial charge on any atom is 0.341 e. The van der Waals surface area contributed by atoms with E-state index in [0.717, 1.165) is 53.5 Å². The van der Waals surface area contributed by atoms with Gasteiger partial charge in [-0.1, -0.05) is 31.5 Å². The highest BCUT2D eigenvalue weighted by Gasteiger charge is 2.30. The van der Waals surface area contributed by atoms with Crippen LogP contribution in [0.1, 0.15) is 64.8 Å². The summed E-state index contributed by atoms with van der Waals surface area (Å²) in [6.07, 6.45) is 3.90. The number of rotatable bonds is 8. The van der Waals surface area contributed by atoms with Crippen LogP contribution in [0.15, 0.2) is 54.6 Å². The molecule has 196 valence electrons. The van der Waals surface area contributed by atoms with Gasteiger partial charge in [0.2, 0.25) is 0 Å². The summed E-state index contributed by atoms with van der Waals surface area (Å²) in [5.74, 6) is 0.742. The van der Waals surface area contributed by atoms with E-state index in [1.807, 2.05) is 61.5 Å². The molecule has 1 N–H and O–H groups in total. The molecule has 0 aliphatic heterocycles. The number of amides is 1. The standard InChI is InChI=1S/C31H32N2O4S/c1-4-19-11-16-23-27(17-19)38-30(28(23)31(35)37-6-3)33-29(34)24-18-26(32-25-10-8-7-9-22(24)25)20-12-14-21(15-13-20)36-5-2/h7-10,12-15,18-19H,4-6,11,16-17H2,1-3H3,(H,33,34). The number of esters is 1. The van der Waals surface area contributed by atoms with Gasteiger partial charge in [0.05, 0.1) is 35.6 Å². The van der Waals surface area contributed by atoms with E-state index >= 15 is 0 Å². The molecule has 1 atom stereocenters. The van der Waals surface area contributed by atoms with E-state index in [1.165, 1.54) is 16.2 Å². The Balaban J connectivity index is 1.54. The molecule has 1 unspecified atom stereocenters. The third-order valence-electron chi connectivity index (χ3n) is 7.07. The molecule has 2 aromatic carbocycles. The summed E-state index contributed by atoms with van der Waals surface area (Å²) >= 11 is 1.51. The van der Waals surface area contributed by atoms with Crippen molar-refractivity contribution in [2.24, 2.45) is 5.92 Å². The Hall–Kier alpha value is -3.71. The summed E-state index contributed by atoms with van der Waals surface area (Å²) in [5, 5.41) is 4.41. The largest absolute Gasteiger partial charge is 0.494 e. The lowest BCUT2D eigenvalue weighted by Crippen LogP contribution is -2.17. The number of nitrogens with zero attached hydrogens (tertiary/aromatic N) is 1. The lowest BCUT2D eigenvalue weighted by molar-refractivity contribution is 0.0526. The monoisotopic (exact) mass is 528 g/mol. The number of nitrogens with one attached hydrogen (secondary N) is 1. The number of thiophene rings is 1. The van der Waals surface area contributed by atoms with Crippen molar-refractivity contribution in [2.75, 3.05) is 18.5 Å². The molecule has 0 fully saturated rings. The van der Waals surface area contributed by atoms with Crippen LogP contribution in [-0.4, -0.2) is 30.1 Å².